The first-order valence-corrected chi connectivity index (χ1v) is 12.2. The van der Waals surface area contributed by atoms with Crippen LogP contribution in [0.25, 0.3) is 0 Å². The minimum atomic E-state index is 0.0215. The van der Waals surface area contributed by atoms with Gasteiger partial charge in [0.15, 0.2) is 0 Å². The Hall–Kier alpha value is -3.00. The molecule has 0 spiro atoms. The number of H-pyrrole nitrogens is 1. The van der Waals surface area contributed by atoms with Gasteiger partial charge in [0.25, 0.3) is 5.82 Å². The van der Waals surface area contributed by atoms with Crippen LogP contribution in [0.2, 0.25) is 0 Å². The van der Waals surface area contributed by atoms with Crippen LogP contribution in [-0.4, -0.2) is 64.5 Å². The lowest BCUT2D eigenvalue weighted by atomic mass is 9.90. The number of morpholine rings is 1. The average molecular weight is 470 g/mol. The zero-order chi connectivity index (χ0) is 23.8. The smallest absolute Gasteiger partial charge is 0.317 e. The van der Waals surface area contributed by atoms with Crippen LogP contribution in [0.1, 0.15) is 30.4 Å². The molecule has 0 radical (unpaired) electrons. The number of aromatic nitrogens is 1. The summed E-state index contributed by atoms with van der Waals surface area (Å²) in [6, 6.07) is 10.2. The number of carbonyl (C=O) groups is 1. The number of nitrogens with zero attached hydrogens (tertiary/aromatic N) is 2. The molecule has 0 saturated carbocycles. The first kappa shape index (κ1) is 24.1. The van der Waals surface area contributed by atoms with Gasteiger partial charge in [-0.05, 0) is 55.4 Å². The number of piperidine rings is 1. The van der Waals surface area contributed by atoms with E-state index in [1.807, 2.05) is 17.2 Å². The molecule has 2 saturated heterocycles. The Morgan fingerprint density at radius 1 is 1.03 bits per heavy atom. The van der Waals surface area contributed by atoms with Crippen molar-refractivity contribution in [2.24, 2.45) is 5.92 Å². The molecule has 0 aliphatic carbocycles. The fraction of sp³-hybridized carbons (Fsp3) is 0.538. The van der Waals surface area contributed by atoms with Crippen molar-refractivity contribution in [3.05, 3.63) is 47.7 Å². The number of urea groups is 1. The van der Waals surface area contributed by atoms with E-state index in [0.717, 1.165) is 88.0 Å². The standard InChI is InChI=1S/C26H36N4O4/c1-32-23-15-21(16-24(17-23)33-2)4-3-20-7-9-30(10-8-20)26(31)28-19-22-5-6-25(27-18-22)29-11-13-34-14-12-29/h5-6,15-18,20H,3-4,7-14,19H2,1-2H3,(H,28,31)/p+1. The summed E-state index contributed by atoms with van der Waals surface area (Å²) in [4.78, 5) is 20.2. The largest absolute Gasteiger partial charge is 0.497 e. The van der Waals surface area contributed by atoms with Gasteiger partial charge in [-0.2, -0.15) is 0 Å². The van der Waals surface area contributed by atoms with Gasteiger partial charge in [-0.25, -0.2) is 9.78 Å². The fourth-order valence-electron chi connectivity index (χ4n) is 4.66. The number of ether oxygens (including phenoxy) is 3. The van der Waals surface area contributed by atoms with E-state index in [9.17, 15) is 4.79 Å². The topological polar surface area (TPSA) is 77.4 Å². The predicted molar refractivity (Wildman–Crippen MR) is 130 cm³/mol. The minimum Gasteiger partial charge on any atom is -0.497 e. The maximum Gasteiger partial charge on any atom is 0.317 e. The van der Waals surface area contributed by atoms with Crippen molar-refractivity contribution >= 4 is 11.8 Å². The Morgan fingerprint density at radius 2 is 1.74 bits per heavy atom. The molecule has 2 aliphatic rings. The summed E-state index contributed by atoms with van der Waals surface area (Å²) in [6.07, 6.45) is 6.15. The highest BCUT2D eigenvalue weighted by Crippen LogP contribution is 2.27. The van der Waals surface area contributed by atoms with Crippen LogP contribution in [0, 0.1) is 5.92 Å². The van der Waals surface area contributed by atoms with E-state index in [1.54, 1.807) is 14.2 Å². The van der Waals surface area contributed by atoms with Gasteiger partial charge >= 0.3 is 6.03 Å². The number of pyridine rings is 1. The molecular weight excluding hydrogens is 432 g/mol. The first-order chi connectivity index (χ1) is 16.6. The molecule has 2 aliphatic heterocycles. The molecule has 0 unspecified atom stereocenters. The molecule has 8 heteroatoms. The molecule has 34 heavy (non-hydrogen) atoms. The molecule has 184 valence electrons. The molecule has 2 amide bonds. The third kappa shape index (κ3) is 6.53. The summed E-state index contributed by atoms with van der Waals surface area (Å²) in [7, 11) is 3.36. The van der Waals surface area contributed by atoms with E-state index in [1.165, 1.54) is 5.56 Å². The Balaban J connectivity index is 1.18. The highest BCUT2D eigenvalue weighted by atomic mass is 16.5. The number of hydrogen-bond acceptors (Lipinski definition) is 5. The second-order valence-corrected chi connectivity index (χ2v) is 9.03. The molecule has 2 N–H and O–H groups in total. The molecule has 2 aromatic rings. The number of anilines is 1. The molecule has 8 nitrogen and oxygen atoms in total. The Kier molecular flexibility index (Phi) is 8.46. The van der Waals surface area contributed by atoms with Crippen LogP contribution >= 0.6 is 0 Å². The molecule has 4 rings (SSSR count). The summed E-state index contributed by atoms with van der Waals surface area (Å²) >= 11 is 0. The SMILES string of the molecule is COc1cc(CCC2CCN(C(=O)NCc3ccc(N4CCOCC4)[nH+]c3)CC2)cc(OC)c1. The monoisotopic (exact) mass is 469 g/mol. The van der Waals surface area contributed by atoms with Crippen LogP contribution in [0.4, 0.5) is 10.6 Å². The fourth-order valence-corrected chi connectivity index (χ4v) is 4.66. The molecule has 1 aromatic carbocycles. The molecule has 2 fully saturated rings. The number of likely N-dealkylation sites (tertiary alicyclic amines) is 1. The van der Waals surface area contributed by atoms with E-state index < -0.39 is 0 Å². The predicted octanol–water partition coefficient (Wildman–Crippen LogP) is 2.91. The zero-order valence-electron chi connectivity index (χ0n) is 20.3. The van der Waals surface area contributed by atoms with Gasteiger partial charge in [-0.15, -0.1) is 0 Å². The summed E-state index contributed by atoms with van der Waals surface area (Å²) < 4.78 is 16.2. The van der Waals surface area contributed by atoms with Gasteiger partial charge in [0, 0.05) is 37.3 Å². The van der Waals surface area contributed by atoms with Crippen LogP contribution in [0.3, 0.4) is 0 Å². The van der Waals surface area contributed by atoms with Gasteiger partial charge < -0.3 is 24.4 Å². The molecule has 3 heterocycles. The highest BCUT2D eigenvalue weighted by Gasteiger charge is 2.23. The van der Waals surface area contributed by atoms with Crippen LogP contribution in [0.15, 0.2) is 36.5 Å². The van der Waals surface area contributed by atoms with Crippen molar-refractivity contribution in [2.75, 3.05) is 58.5 Å². The number of hydrogen-bond donors (Lipinski definition) is 1. The second kappa shape index (κ2) is 11.9. The molecule has 0 atom stereocenters. The number of aromatic amines is 1. The number of aryl methyl sites for hydroxylation is 1. The number of amides is 2. The van der Waals surface area contributed by atoms with Gasteiger partial charge in [0.05, 0.1) is 33.6 Å². The van der Waals surface area contributed by atoms with Crippen molar-refractivity contribution < 1.29 is 24.0 Å². The van der Waals surface area contributed by atoms with Gasteiger partial charge in [0.1, 0.15) is 24.6 Å². The maximum absolute atomic E-state index is 12.7. The van der Waals surface area contributed by atoms with Gasteiger partial charge in [0.2, 0.25) is 0 Å². The number of methoxy groups -OCH3 is 2. The highest BCUT2D eigenvalue weighted by molar-refractivity contribution is 5.74. The molecule has 1 aromatic heterocycles. The van der Waals surface area contributed by atoms with E-state index in [0.29, 0.717) is 12.5 Å². The normalized spacial score (nSPS) is 16.9. The van der Waals surface area contributed by atoms with E-state index >= 15 is 0 Å². The van der Waals surface area contributed by atoms with Crippen molar-refractivity contribution in [3.63, 3.8) is 0 Å². The lowest BCUT2D eigenvalue weighted by Crippen LogP contribution is -2.44. The van der Waals surface area contributed by atoms with Crippen molar-refractivity contribution in [1.29, 1.82) is 0 Å². The van der Waals surface area contributed by atoms with E-state index in [4.69, 9.17) is 14.2 Å². The Bertz CT molecular complexity index is 901. The second-order valence-electron chi connectivity index (χ2n) is 9.03. The number of carbonyl (C=O) groups excluding carboxylic acids is 1. The van der Waals surface area contributed by atoms with Crippen molar-refractivity contribution in [2.45, 2.75) is 32.2 Å². The first-order valence-electron chi connectivity index (χ1n) is 12.2. The lowest BCUT2D eigenvalue weighted by molar-refractivity contribution is -0.365. The van der Waals surface area contributed by atoms with Crippen LogP contribution in [0.5, 0.6) is 11.5 Å². The van der Waals surface area contributed by atoms with Crippen molar-refractivity contribution in [3.8, 4) is 11.5 Å². The molecular formula is C26H37N4O4+. The Labute approximate surface area is 202 Å². The van der Waals surface area contributed by atoms with Crippen molar-refractivity contribution in [1.82, 2.24) is 10.2 Å². The third-order valence-corrected chi connectivity index (χ3v) is 6.81. The van der Waals surface area contributed by atoms with E-state index in [2.05, 4.69) is 39.5 Å². The molecule has 0 bridgehead atoms. The minimum absolute atomic E-state index is 0.0215. The van der Waals surface area contributed by atoms with Gasteiger partial charge in [-0.3, -0.25) is 4.90 Å². The van der Waals surface area contributed by atoms with Crippen LogP contribution < -0.4 is 24.7 Å². The maximum atomic E-state index is 12.7. The Morgan fingerprint density at radius 3 is 2.35 bits per heavy atom. The number of nitrogens with one attached hydrogen (secondary N) is 2. The summed E-state index contributed by atoms with van der Waals surface area (Å²) in [5, 5.41) is 3.07. The summed E-state index contributed by atoms with van der Waals surface area (Å²) in [5.74, 6) is 3.37. The summed E-state index contributed by atoms with van der Waals surface area (Å²) in [5.41, 5.74) is 2.29. The quantitative estimate of drug-likeness (QED) is 0.643. The third-order valence-electron chi connectivity index (χ3n) is 6.81. The number of benzene rings is 1. The average Bonchev–Trinajstić information content (AvgIpc) is 2.91. The zero-order valence-corrected chi connectivity index (χ0v) is 20.3. The van der Waals surface area contributed by atoms with Gasteiger partial charge in [-0.1, -0.05) is 0 Å². The van der Waals surface area contributed by atoms with E-state index in [-0.39, 0.29) is 6.03 Å². The summed E-state index contributed by atoms with van der Waals surface area (Å²) in [6.45, 7) is 5.46. The van der Waals surface area contributed by atoms with Crippen LogP contribution in [-0.2, 0) is 17.7 Å². The number of rotatable bonds is 8. The lowest BCUT2D eigenvalue weighted by Gasteiger charge is -2.32.